The van der Waals surface area contributed by atoms with Crippen molar-refractivity contribution in [3.8, 4) is 17.2 Å². The first-order valence-electron chi connectivity index (χ1n) is 10.5. The van der Waals surface area contributed by atoms with Crippen molar-refractivity contribution in [2.75, 3.05) is 19.5 Å². The highest BCUT2D eigenvalue weighted by Gasteiger charge is 2.20. The number of nitro benzene ring substituents is 1. The average Bonchev–Trinajstić information content (AvgIpc) is 2.87. The van der Waals surface area contributed by atoms with Gasteiger partial charge in [-0.25, -0.2) is 0 Å². The minimum absolute atomic E-state index is 0.00451. The maximum atomic E-state index is 13.2. The van der Waals surface area contributed by atoms with Crippen LogP contribution in [0, 0.1) is 10.1 Å². The lowest BCUT2D eigenvalue weighted by atomic mass is 10.0. The number of azo groups is 1. The summed E-state index contributed by atoms with van der Waals surface area (Å²) in [4.78, 5) is 23.8. The van der Waals surface area contributed by atoms with Gasteiger partial charge in [-0.2, -0.15) is 0 Å². The molecule has 0 saturated carbocycles. The van der Waals surface area contributed by atoms with Crippen LogP contribution in [0.3, 0.4) is 0 Å². The number of carbonyl (C=O) groups is 1. The van der Waals surface area contributed by atoms with Crippen molar-refractivity contribution in [3.05, 3.63) is 87.4 Å². The molecular weight excluding hydrogens is 488 g/mol. The highest BCUT2D eigenvalue weighted by Crippen LogP contribution is 2.41. The van der Waals surface area contributed by atoms with Crippen LogP contribution in [0.25, 0.3) is 10.8 Å². The lowest BCUT2D eigenvalue weighted by Gasteiger charge is -2.13. The molecule has 0 saturated heterocycles. The summed E-state index contributed by atoms with van der Waals surface area (Å²) >= 11 is 6.06. The fourth-order valence-corrected chi connectivity index (χ4v) is 3.71. The van der Waals surface area contributed by atoms with Gasteiger partial charge < -0.3 is 19.9 Å². The number of ether oxygens (including phenoxy) is 2. The average molecular weight is 507 g/mol. The number of nitro groups is 1. The van der Waals surface area contributed by atoms with Crippen LogP contribution in [0.5, 0.6) is 17.2 Å². The number of hydrogen-bond donors (Lipinski definition) is 2. The second-order valence-electron chi connectivity index (χ2n) is 7.45. The topological polar surface area (TPSA) is 136 Å². The first-order valence-corrected chi connectivity index (χ1v) is 10.8. The molecule has 0 atom stereocenters. The first kappa shape index (κ1) is 24.4. The Hall–Kier alpha value is -4.70. The number of phenols is 1. The van der Waals surface area contributed by atoms with Gasteiger partial charge in [-0.1, -0.05) is 35.9 Å². The Kier molecular flexibility index (Phi) is 6.98. The van der Waals surface area contributed by atoms with Crippen LogP contribution in [0.15, 0.2) is 77.0 Å². The van der Waals surface area contributed by atoms with Gasteiger partial charge in [0.1, 0.15) is 22.9 Å². The van der Waals surface area contributed by atoms with Crippen molar-refractivity contribution >= 4 is 51.0 Å². The largest absolute Gasteiger partial charge is 0.505 e. The van der Waals surface area contributed by atoms with E-state index in [4.69, 9.17) is 21.1 Å². The van der Waals surface area contributed by atoms with E-state index in [0.29, 0.717) is 27.2 Å². The van der Waals surface area contributed by atoms with Crippen LogP contribution in [0.1, 0.15) is 10.4 Å². The molecule has 36 heavy (non-hydrogen) atoms. The lowest BCUT2D eigenvalue weighted by molar-refractivity contribution is -0.384. The zero-order valence-electron chi connectivity index (χ0n) is 19.1. The van der Waals surface area contributed by atoms with Crippen LogP contribution in [-0.4, -0.2) is 30.2 Å². The highest BCUT2D eigenvalue weighted by atomic mass is 35.5. The smallest absolute Gasteiger partial charge is 0.271 e. The Morgan fingerprint density at radius 3 is 2.44 bits per heavy atom. The van der Waals surface area contributed by atoms with Gasteiger partial charge in [0, 0.05) is 22.5 Å². The molecule has 11 heteroatoms. The molecule has 0 unspecified atom stereocenters. The molecule has 0 radical (unpaired) electrons. The van der Waals surface area contributed by atoms with Gasteiger partial charge in [0.25, 0.3) is 11.6 Å². The minimum Gasteiger partial charge on any atom is -0.505 e. The second kappa shape index (κ2) is 10.3. The molecule has 0 aromatic heterocycles. The Morgan fingerprint density at radius 1 is 1.00 bits per heavy atom. The molecule has 182 valence electrons. The number of aromatic hydroxyl groups is 1. The van der Waals surface area contributed by atoms with Crippen molar-refractivity contribution in [2.24, 2.45) is 10.2 Å². The number of anilines is 1. The third-order valence-electron chi connectivity index (χ3n) is 5.28. The number of methoxy groups -OCH3 is 2. The van der Waals surface area contributed by atoms with E-state index in [9.17, 15) is 20.0 Å². The standard InChI is InChI=1S/C25H19ClN4O6/c1-35-21-9-7-15(26)12-19(21)27-25(32)18-11-14-5-3-4-6-17(14)23(24(18)31)29-28-20-13-16(30(33)34)8-10-22(20)36-2/h3-13,31H,1-2H3,(H,27,32). The summed E-state index contributed by atoms with van der Waals surface area (Å²) in [5.41, 5.74) is 0.115. The molecule has 0 aliphatic carbocycles. The third-order valence-corrected chi connectivity index (χ3v) is 5.52. The molecule has 10 nitrogen and oxygen atoms in total. The Bertz CT molecular complexity index is 1520. The molecule has 4 aromatic carbocycles. The molecule has 0 spiro atoms. The number of fused-ring (bicyclic) bond motifs is 1. The molecule has 2 N–H and O–H groups in total. The molecule has 0 aliphatic heterocycles. The maximum absolute atomic E-state index is 13.2. The van der Waals surface area contributed by atoms with Crippen molar-refractivity contribution in [2.45, 2.75) is 0 Å². The van der Waals surface area contributed by atoms with Crippen LogP contribution in [-0.2, 0) is 0 Å². The van der Waals surface area contributed by atoms with Crippen molar-refractivity contribution in [1.29, 1.82) is 0 Å². The van der Waals surface area contributed by atoms with E-state index in [2.05, 4.69) is 15.5 Å². The third kappa shape index (κ3) is 4.89. The van der Waals surface area contributed by atoms with Crippen molar-refractivity contribution < 1.29 is 24.3 Å². The number of halogens is 1. The number of non-ortho nitro benzene ring substituents is 1. The van der Waals surface area contributed by atoms with E-state index in [-0.39, 0.29) is 28.4 Å². The van der Waals surface area contributed by atoms with E-state index in [1.807, 2.05) is 0 Å². The molecule has 0 bridgehead atoms. The minimum atomic E-state index is -0.636. The fourth-order valence-electron chi connectivity index (χ4n) is 3.53. The van der Waals surface area contributed by atoms with E-state index in [1.165, 1.54) is 44.6 Å². The number of nitrogens with one attached hydrogen (secondary N) is 1. The fraction of sp³-hybridized carbons (Fsp3) is 0.0800. The summed E-state index contributed by atoms with van der Waals surface area (Å²) in [5.74, 6) is -0.440. The molecular formula is C25H19ClN4O6. The van der Waals surface area contributed by atoms with Crippen molar-refractivity contribution in [3.63, 3.8) is 0 Å². The summed E-state index contributed by atoms with van der Waals surface area (Å²) < 4.78 is 10.5. The summed E-state index contributed by atoms with van der Waals surface area (Å²) in [7, 11) is 2.84. The predicted octanol–water partition coefficient (Wildman–Crippen LogP) is 6.79. The molecule has 0 heterocycles. The highest BCUT2D eigenvalue weighted by molar-refractivity contribution is 6.31. The van der Waals surface area contributed by atoms with Crippen molar-refractivity contribution in [1.82, 2.24) is 0 Å². The monoisotopic (exact) mass is 506 g/mol. The van der Waals surface area contributed by atoms with Crippen LogP contribution in [0.2, 0.25) is 5.02 Å². The zero-order valence-corrected chi connectivity index (χ0v) is 19.8. The van der Waals surface area contributed by atoms with E-state index in [1.54, 1.807) is 36.4 Å². The maximum Gasteiger partial charge on any atom is 0.271 e. The number of hydrogen-bond acceptors (Lipinski definition) is 8. The van der Waals surface area contributed by atoms with E-state index < -0.39 is 16.6 Å². The molecule has 0 fully saturated rings. The summed E-state index contributed by atoms with van der Waals surface area (Å²) in [5, 5.41) is 34.7. The molecule has 4 aromatic rings. The van der Waals surface area contributed by atoms with Gasteiger partial charge in [-0.15, -0.1) is 10.2 Å². The Labute approximate surface area is 209 Å². The van der Waals surface area contributed by atoms with Gasteiger partial charge >= 0.3 is 0 Å². The Balaban J connectivity index is 1.81. The molecule has 1 amide bonds. The van der Waals surface area contributed by atoms with Gasteiger partial charge in [0.2, 0.25) is 0 Å². The number of amides is 1. The number of phenolic OH excluding ortho intramolecular Hbond substituents is 1. The van der Waals surface area contributed by atoms with Gasteiger partial charge in [-0.05, 0) is 35.7 Å². The van der Waals surface area contributed by atoms with Crippen LogP contribution < -0.4 is 14.8 Å². The summed E-state index contributed by atoms with van der Waals surface area (Å²) in [6.45, 7) is 0. The molecule has 4 rings (SSSR count). The number of benzene rings is 4. The van der Waals surface area contributed by atoms with E-state index >= 15 is 0 Å². The number of rotatable bonds is 7. The predicted molar refractivity (Wildman–Crippen MR) is 135 cm³/mol. The first-order chi connectivity index (χ1) is 17.3. The lowest BCUT2D eigenvalue weighted by Crippen LogP contribution is -2.13. The second-order valence-corrected chi connectivity index (χ2v) is 7.89. The van der Waals surface area contributed by atoms with Crippen LogP contribution >= 0.6 is 11.6 Å². The normalized spacial score (nSPS) is 11.0. The number of carbonyl (C=O) groups excluding carboxylic acids is 1. The SMILES string of the molecule is COc1ccc([N+](=O)[O-])cc1N=Nc1c(O)c(C(=O)Nc2cc(Cl)ccc2OC)cc2ccccc12. The van der Waals surface area contributed by atoms with Crippen LogP contribution in [0.4, 0.5) is 22.7 Å². The summed E-state index contributed by atoms with van der Waals surface area (Å²) in [6.07, 6.45) is 0. The van der Waals surface area contributed by atoms with E-state index in [0.717, 1.165) is 0 Å². The summed E-state index contributed by atoms with van der Waals surface area (Å²) in [6, 6.07) is 17.1. The number of nitrogens with zero attached hydrogens (tertiary/aromatic N) is 3. The zero-order chi connectivity index (χ0) is 25.8. The van der Waals surface area contributed by atoms with Gasteiger partial charge in [-0.3, -0.25) is 14.9 Å². The quantitative estimate of drug-likeness (QED) is 0.161. The Morgan fingerprint density at radius 2 is 1.72 bits per heavy atom. The van der Waals surface area contributed by atoms with Gasteiger partial charge in [0.15, 0.2) is 5.75 Å². The molecule has 0 aliphatic rings. The van der Waals surface area contributed by atoms with Gasteiger partial charge in [0.05, 0.1) is 30.4 Å².